The first-order chi connectivity index (χ1) is 13.5. The third-order valence-corrected chi connectivity index (χ3v) is 4.91. The number of hydrogen-bond acceptors (Lipinski definition) is 6. The van der Waals surface area contributed by atoms with Gasteiger partial charge in [0.1, 0.15) is 5.82 Å². The van der Waals surface area contributed by atoms with E-state index >= 15 is 0 Å². The van der Waals surface area contributed by atoms with Crippen molar-refractivity contribution in [3.63, 3.8) is 0 Å². The van der Waals surface area contributed by atoms with Crippen LogP contribution < -0.4 is 16.8 Å². The first-order valence-electron chi connectivity index (χ1n) is 9.90. The Morgan fingerprint density at radius 1 is 1.21 bits per heavy atom. The smallest absolute Gasteiger partial charge is 0.132 e. The van der Waals surface area contributed by atoms with E-state index < -0.39 is 0 Å². The van der Waals surface area contributed by atoms with Crippen LogP contribution in [0.3, 0.4) is 0 Å². The molecule has 2 heterocycles. The Kier molecular flexibility index (Phi) is 6.90. The highest BCUT2D eigenvalue weighted by molar-refractivity contribution is 5.76. The molecule has 1 aliphatic heterocycles. The molecule has 150 valence electrons. The van der Waals surface area contributed by atoms with Gasteiger partial charge < -0.3 is 21.5 Å². The standard InChI is InChI=1S/C22H31N5O/c1-16(2)25-15-21(23)20-13-19(14-26-22(20)24)18-5-3-17(4-6-18)7-8-27-9-11-28-12-10-27/h3-6,13-16,25H,7-12,23H2,1-2H3,(H2,24,26)/b21-15-. The zero-order valence-electron chi connectivity index (χ0n) is 16.8. The average molecular weight is 382 g/mol. The van der Waals surface area contributed by atoms with Crippen LogP contribution in [0.1, 0.15) is 25.0 Å². The van der Waals surface area contributed by atoms with Crippen molar-refractivity contribution < 1.29 is 4.74 Å². The molecule has 6 heteroatoms. The molecule has 1 aliphatic rings. The topological polar surface area (TPSA) is 89.4 Å². The first kappa shape index (κ1) is 20.2. The minimum atomic E-state index is 0.306. The number of morpholine rings is 1. The largest absolute Gasteiger partial charge is 0.397 e. The van der Waals surface area contributed by atoms with E-state index in [2.05, 4.69) is 53.3 Å². The number of hydrogen-bond donors (Lipinski definition) is 3. The fourth-order valence-electron chi connectivity index (χ4n) is 3.17. The molecule has 6 nitrogen and oxygen atoms in total. The van der Waals surface area contributed by atoms with Crippen LogP contribution in [0, 0.1) is 0 Å². The Morgan fingerprint density at radius 3 is 2.61 bits per heavy atom. The fraction of sp³-hybridized carbons (Fsp3) is 0.409. The molecule has 0 amide bonds. The zero-order chi connectivity index (χ0) is 19.9. The Hall–Kier alpha value is -2.57. The van der Waals surface area contributed by atoms with Gasteiger partial charge in [-0.1, -0.05) is 24.3 Å². The number of aromatic nitrogens is 1. The summed E-state index contributed by atoms with van der Waals surface area (Å²) in [5.41, 5.74) is 17.0. The van der Waals surface area contributed by atoms with Crippen molar-refractivity contribution in [2.75, 3.05) is 38.6 Å². The number of nitrogens with one attached hydrogen (secondary N) is 1. The zero-order valence-corrected chi connectivity index (χ0v) is 16.8. The highest BCUT2D eigenvalue weighted by Crippen LogP contribution is 2.25. The first-order valence-corrected chi connectivity index (χ1v) is 9.90. The summed E-state index contributed by atoms with van der Waals surface area (Å²) in [4.78, 5) is 6.79. The van der Waals surface area contributed by atoms with E-state index in [0.29, 0.717) is 17.6 Å². The summed E-state index contributed by atoms with van der Waals surface area (Å²) in [6.07, 6.45) is 4.63. The van der Waals surface area contributed by atoms with Crippen LogP contribution in [-0.2, 0) is 11.2 Å². The van der Waals surface area contributed by atoms with Crippen molar-refractivity contribution in [3.8, 4) is 11.1 Å². The van der Waals surface area contributed by atoms with E-state index in [9.17, 15) is 0 Å². The lowest BCUT2D eigenvalue weighted by molar-refractivity contribution is 0.0384. The average Bonchev–Trinajstić information content (AvgIpc) is 2.72. The second-order valence-electron chi connectivity index (χ2n) is 7.48. The molecular weight excluding hydrogens is 350 g/mol. The molecule has 0 radical (unpaired) electrons. The molecule has 1 aromatic carbocycles. The number of nitrogen functional groups attached to an aromatic ring is 1. The molecule has 0 spiro atoms. The minimum absolute atomic E-state index is 0.306. The second-order valence-corrected chi connectivity index (χ2v) is 7.48. The monoisotopic (exact) mass is 381 g/mol. The van der Waals surface area contributed by atoms with E-state index in [0.717, 1.165) is 56.0 Å². The molecule has 0 bridgehead atoms. The molecule has 0 saturated carbocycles. The molecule has 3 rings (SSSR count). The van der Waals surface area contributed by atoms with E-state index in [-0.39, 0.29) is 0 Å². The Balaban J connectivity index is 1.69. The van der Waals surface area contributed by atoms with Crippen molar-refractivity contribution >= 4 is 11.5 Å². The van der Waals surface area contributed by atoms with Crippen molar-refractivity contribution in [1.29, 1.82) is 0 Å². The molecule has 2 aromatic rings. The van der Waals surface area contributed by atoms with Gasteiger partial charge in [0.25, 0.3) is 0 Å². The summed E-state index contributed by atoms with van der Waals surface area (Å²) in [6.45, 7) is 8.92. The highest BCUT2D eigenvalue weighted by atomic mass is 16.5. The van der Waals surface area contributed by atoms with Crippen LogP contribution in [0.5, 0.6) is 0 Å². The number of nitrogens with zero attached hydrogens (tertiary/aromatic N) is 2. The number of anilines is 1. The third-order valence-electron chi connectivity index (χ3n) is 4.91. The molecule has 1 fully saturated rings. The van der Waals surface area contributed by atoms with Gasteiger partial charge in [0.05, 0.1) is 18.9 Å². The number of pyridine rings is 1. The van der Waals surface area contributed by atoms with Gasteiger partial charge in [0.15, 0.2) is 0 Å². The van der Waals surface area contributed by atoms with Crippen LogP contribution in [0.2, 0.25) is 0 Å². The Labute approximate surface area is 167 Å². The minimum Gasteiger partial charge on any atom is -0.397 e. The normalized spacial score (nSPS) is 15.8. The lowest BCUT2D eigenvalue weighted by atomic mass is 10.0. The molecule has 28 heavy (non-hydrogen) atoms. The number of rotatable bonds is 7. The van der Waals surface area contributed by atoms with Crippen molar-refractivity contribution in [2.24, 2.45) is 5.73 Å². The van der Waals surface area contributed by atoms with E-state index in [1.807, 2.05) is 6.07 Å². The van der Waals surface area contributed by atoms with E-state index in [4.69, 9.17) is 16.2 Å². The maximum Gasteiger partial charge on any atom is 0.132 e. The summed E-state index contributed by atoms with van der Waals surface area (Å²) in [5, 5.41) is 3.20. The highest BCUT2D eigenvalue weighted by Gasteiger charge is 2.10. The van der Waals surface area contributed by atoms with Crippen LogP contribution in [0.25, 0.3) is 16.8 Å². The van der Waals surface area contributed by atoms with Crippen LogP contribution in [0.4, 0.5) is 5.82 Å². The third kappa shape index (κ3) is 5.47. The van der Waals surface area contributed by atoms with Gasteiger partial charge in [0, 0.05) is 49.2 Å². The van der Waals surface area contributed by atoms with Gasteiger partial charge in [0.2, 0.25) is 0 Å². The lowest BCUT2D eigenvalue weighted by Gasteiger charge is -2.26. The lowest BCUT2D eigenvalue weighted by Crippen LogP contribution is -2.37. The summed E-state index contributed by atoms with van der Waals surface area (Å²) in [6, 6.07) is 11.0. The van der Waals surface area contributed by atoms with Gasteiger partial charge in [-0.05, 0) is 37.5 Å². The predicted octanol–water partition coefficient (Wildman–Crippen LogP) is 2.46. The SMILES string of the molecule is CC(C)N/C=C(\N)c1cc(-c2ccc(CCN3CCOCC3)cc2)cnc1N. The van der Waals surface area contributed by atoms with E-state index in [1.165, 1.54) is 5.56 Å². The molecule has 1 saturated heterocycles. The quantitative estimate of drug-likeness (QED) is 0.683. The number of ether oxygens (including phenoxy) is 1. The van der Waals surface area contributed by atoms with Gasteiger partial charge >= 0.3 is 0 Å². The van der Waals surface area contributed by atoms with E-state index in [1.54, 1.807) is 12.4 Å². The Bertz CT molecular complexity index is 795. The summed E-state index contributed by atoms with van der Waals surface area (Å²) < 4.78 is 5.40. The number of nitrogens with two attached hydrogens (primary N) is 2. The van der Waals surface area contributed by atoms with Crippen LogP contribution in [0.15, 0.2) is 42.7 Å². The molecular formula is C22H31N5O. The second kappa shape index (κ2) is 9.57. The predicted molar refractivity (Wildman–Crippen MR) is 115 cm³/mol. The van der Waals surface area contributed by atoms with Crippen LogP contribution in [-0.4, -0.2) is 48.8 Å². The van der Waals surface area contributed by atoms with Crippen LogP contribution >= 0.6 is 0 Å². The van der Waals surface area contributed by atoms with Crippen molar-refractivity contribution in [1.82, 2.24) is 15.2 Å². The van der Waals surface area contributed by atoms with Crippen molar-refractivity contribution in [2.45, 2.75) is 26.3 Å². The molecule has 0 atom stereocenters. The van der Waals surface area contributed by atoms with Crippen molar-refractivity contribution in [3.05, 3.63) is 53.9 Å². The fourth-order valence-corrected chi connectivity index (χ4v) is 3.17. The number of benzene rings is 1. The molecule has 0 unspecified atom stereocenters. The van der Waals surface area contributed by atoms with Gasteiger partial charge in [-0.2, -0.15) is 0 Å². The maximum absolute atomic E-state index is 6.19. The molecule has 5 N–H and O–H groups in total. The Morgan fingerprint density at radius 2 is 1.93 bits per heavy atom. The summed E-state index contributed by atoms with van der Waals surface area (Å²) in [7, 11) is 0. The molecule has 0 aliphatic carbocycles. The van der Waals surface area contributed by atoms with Gasteiger partial charge in [-0.25, -0.2) is 4.98 Å². The maximum atomic E-state index is 6.19. The summed E-state index contributed by atoms with van der Waals surface area (Å²) in [5.74, 6) is 0.435. The van der Waals surface area contributed by atoms with Gasteiger partial charge in [-0.15, -0.1) is 0 Å². The summed E-state index contributed by atoms with van der Waals surface area (Å²) >= 11 is 0. The van der Waals surface area contributed by atoms with Gasteiger partial charge in [-0.3, -0.25) is 4.90 Å². The molecule has 1 aromatic heterocycles.